The zero-order valence-corrected chi connectivity index (χ0v) is 35.4. The van der Waals surface area contributed by atoms with Crippen molar-refractivity contribution in [3.8, 4) is 33.6 Å². The van der Waals surface area contributed by atoms with E-state index in [-0.39, 0.29) is 41.4 Å². The van der Waals surface area contributed by atoms with Crippen LogP contribution in [0.4, 0.5) is 9.59 Å². The van der Waals surface area contributed by atoms with Crippen LogP contribution < -0.4 is 10.6 Å². The van der Waals surface area contributed by atoms with E-state index in [1.165, 1.54) is 14.2 Å². The van der Waals surface area contributed by atoms with E-state index in [4.69, 9.17) is 19.4 Å². The molecule has 1 aliphatic heterocycles. The van der Waals surface area contributed by atoms with Crippen molar-refractivity contribution >= 4 is 34.6 Å². The van der Waals surface area contributed by atoms with E-state index in [0.29, 0.717) is 6.54 Å². The Balaban J connectivity index is 1.03. The number of imidazole rings is 2. The molecule has 13 nitrogen and oxygen atoms in total. The molecule has 0 bridgehead atoms. The van der Waals surface area contributed by atoms with Gasteiger partial charge in [0.05, 0.1) is 50.1 Å². The molecule has 2 fully saturated rings. The Hall–Kier alpha value is -5.98. The lowest BCUT2D eigenvalue weighted by molar-refractivity contribution is -0.135. The summed E-state index contributed by atoms with van der Waals surface area (Å²) in [7, 11) is 2.62. The molecule has 3 aromatic carbocycles. The van der Waals surface area contributed by atoms with E-state index in [9.17, 15) is 19.2 Å². The molecule has 4 N–H and O–H groups in total. The summed E-state index contributed by atoms with van der Waals surface area (Å²) in [6.45, 7) is 8.57. The first-order chi connectivity index (χ1) is 29.0. The molecule has 60 heavy (non-hydrogen) atoms. The summed E-state index contributed by atoms with van der Waals surface area (Å²) in [5.74, 6) is 1.14. The number of amides is 3. The van der Waals surface area contributed by atoms with E-state index in [2.05, 4.69) is 81.3 Å². The van der Waals surface area contributed by atoms with Crippen LogP contribution in [0, 0.1) is 17.8 Å². The number of methoxy groups -OCH3 is 2. The number of nitrogens with one attached hydrogen (secondary N) is 4. The molecule has 316 valence electrons. The summed E-state index contributed by atoms with van der Waals surface area (Å²) >= 11 is 0. The maximum Gasteiger partial charge on any atom is 0.407 e. The highest BCUT2D eigenvalue weighted by molar-refractivity contribution is 5.92. The van der Waals surface area contributed by atoms with E-state index in [1.807, 2.05) is 45.0 Å². The molecule has 2 aromatic heterocycles. The van der Waals surface area contributed by atoms with Gasteiger partial charge >= 0.3 is 12.2 Å². The average molecular weight is 816 g/mol. The number of H-pyrrole nitrogens is 2. The molecule has 7 rings (SSSR count). The van der Waals surface area contributed by atoms with Crippen molar-refractivity contribution in [2.24, 2.45) is 17.8 Å². The lowest BCUT2D eigenvalue weighted by atomic mass is 9.83. The van der Waals surface area contributed by atoms with Crippen LogP contribution in [-0.4, -0.2) is 81.6 Å². The summed E-state index contributed by atoms with van der Waals surface area (Å²) in [5.41, 5.74) is 5.96. The minimum atomic E-state index is -0.672. The largest absolute Gasteiger partial charge is 0.453 e. The third-order valence-corrected chi connectivity index (χ3v) is 12.9. The number of carbonyl (C=O) groups excluding carboxylic acids is 4. The van der Waals surface area contributed by atoms with Gasteiger partial charge in [0.15, 0.2) is 5.78 Å². The maximum absolute atomic E-state index is 13.8. The molecular formula is C47H57N7O6. The number of aromatic amines is 2. The highest BCUT2D eigenvalue weighted by Gasteiger charge is 2.41. The highest BCUT2D eigenvalue weighted by atomic mass is 16.5. The van der Waals surface area contributed by atoms with Crippen LogP contribution in [0.25, 0.3) is 44.4 Å². The summed E-state index contributed by atoms with van der Waals surface area (Å²) < 4.78 is 9.64. The fourth-order valence-corrected chi connectivity index (χ4v) is 8.90. The number of carbonyl (C=O) groups is 4. The van der Waals surface area contributed by atoms with Gasteiger partial charge in [0, 0.05) is 23.9 Å². The number of Topliss-reactive ketones (excluding diaryl/α,β-unsaturated/α-hetero) is 1. The second-order valence-electron chi connectivity index (χ2n) is 16.5. The number of alkyl carbamates (subject to hydrolysis) is 2. The predicted octanol–water partition coefficient (Wildman–Crippen LogP) is 8.94. The Morgan fingerprint density at radius 1 is 0.700 bits per heavy atom. The number of nitrogens with zero attached hydrogens (tertiary/aromatic N) is 3. The van der Waals surface area contributed by atoms with Crippen molar-refractivity contribution in [1.29, 1.82) is 0 Å². The third-order valence-electron chi connectivity index (χ3n) is 12.9. The molecule has 13 heteroatoms. The summed E-state index contributed by atoms with van der Waals surface area (Å²) in [6, 6.07) is 19.7. The van der Waals surface area contributed by atoms with Gasteiger partial charge in [-0.3, -0.25) is 9.59 Å². The van der Waals surface area contributed by atoms with Crippen LogP contribution in [0.2, 0.25) is 0 Å². The third kappa shape index (κ3) is 8.80. The van der Waals surface area contributed by atoms with Gasteiger partial charge in [0.2, 0.25) is 5.91 Å². The van der Waals surface area contributed by atoms with E-state index < -0.39 is 24.3 Å². The fourth-order valence-electron chi connectivity index (χ4n) is 8.90. The van der Waals surface area contributed by atoms with Crippen LogP contribution in [0.3, 0.4) is 0 Å². The van der Waals surface area contributed by atoms with Crippen molar-refractivity contribution < 1.29 is 28.7 Å². The molecule has 1 saturated carbocycles. The number of fused-ring (bicyclic) bond motifs is 1. The molecule has 1 aliphatic carbocycles. The minimum absolute atomic E-state index is 0.0126. The normalized spacial score (nSPS) is 19.7. The van der Waals surface area contributed by atoms with Gasteiger partial charge in [-0.15, -0.1) is 0 Å². The summed E-state index contributed by atoms with van der Waals surface area (Å²) in [4.78, 5) is 70.1. The van der Waals surface area contributed by atoms with Gasteiger partial charge in [-0.2, -0.15) is 0 Å². The number of ether oxygens (including phenoxy) is 2. The van der Waals surface area contributed by atoms with Crippen molar-refractivity contribution in [1.82, 2.24) is 35.5 Å². The molecule has 0 spiro atoms. The SMILES string of the molecule is CC[C@H](C)[C@H](NC(=O)OC)C(=O)C1CCC[C@H]1c1ncc(-c2ccc3cc(-c4ccc(-c5cnc([C@@H]6CCCN6C(=O)[C@@H](NC(=O)OC)[C@@H](C)CC)[nH]5)cc4)ccc3c2)[nH]1. The number of benzene rings is 3. The van der Waals surface area contributed by atoms with Gasteiger partial charge in [-0.1, -0.05) is 95.5 Å². The number of hydrogen-bond acceptors (Lipinski definition) is 8. The van der Waals surface area contributed by atoms with Crippen LogP contribution in [0.1, 0.15) is 96.2 Å². The molecule has 0 radical (unpaired) electrons. The second-order valence-corrected chi connectivity index (χ2v) is 16.5. The molecule has 2 aliphatic rings. The first kappa shape index (κ1) is 42.2. The van der Waals surface area contributed by atoms with Crippen LogP contribution in [0.15, 0.2) is 73.1 Å². The number of rotatable bonds is 14. The van der Waals surface area contributed by atoms with E-state index >= 15 is 0 Å². The minimum Gasteiger partial charge on any atom is -0.453 e. The topological polar surface area (TPSA) is 171 Å². The molecule has 7 atom stereocenters. The average Bonchev–Trinajstić information content (AvgIpc) is 4.13. The first-order valence-electron chi connectivity index (χ1n) is 21.3. The standard InChI is InChI=1S/C47H57N7O6/c1-7-27(3)40(52-46(57)59-5)42(55)35-11-9-12-36(35)43-48-26-38(50-43)34-21-20-32-23-31(18-19-33(32)24-34)29-14-16-30(17-15-29)37-25-49-44(51-37)39-13-10-22-54(39)45(56)41(28(4)8-2)53-47(58)60-6/h14-21,23-28,35-36,39-41H,7-13,22H2,1-6H3,(H,48,50)(H,49,51)(H,52,57)(H,53,58)/t27-,28-,35?,36+,39-,40-,41-/m0/s1. The van der Waals surface area contributed by atoms with E-state index in [0.717, 1.165) is 101 Å². The van der Waals surface area contributed by atoms with Crippen LogP contribution in [-0.2, 0) is 19.1 Å². The monoisotopic (exact) mass is 815 g/mol. The Morgan fingerprint density at radius 2 is 1.25 bits per heavy atom. The lowest BCUT2D eigenvalue weighted by Crippen LogP contribution is -2.51. The van der Waals surface area contributed by atoms with E-state index in [1.54, 1.807) is 0 Å². The molecular weight excluding hydrogens is 759 g/mol. The lowest BCUT2D eigenvalue weighted by Gasteiger charge is -2.30. The Morgan fingerprint density at radius 3 is 1.92 bits per heavy atom. The number of hydrogen-bond donors (Lipinski definition) is 4. The molecule has 1 saturated heterocycles. The molecule has 1 unspecified atom stereocenters. The van der Waals surface area contributed by atoms with Crippen molar-refractivity contribution in [2.75, 3.05) is 20.8 Å². The quantitative estimate of drug-likeness (QED) is 0.0861. The highest BCUT2D eigenvalue weighted by Crippen LogP contribution is 2.41. The second kappa shape index (κ2) is 18.5. The predicted molar refractivity (Wildman–Crippen MR) is 231 cm³/mol. The van der Waals surface area contributed by atoms with Gasteiger partial charge in [0.1, 0.15) is 17.7 Å². The Labute approximate surface area is 351 Å². The fraction of sp³-hybridized carbons (Fsp3) is 0.447. The Bertz CT molecular complexity index is 2320. The van der Waals surface area contributed by atoms with Gasteiger partial charge in [0.25, 0.3) is 0 Å². The van der Waals surface area contributed by atoms with Crippen LogP contribution in [0.5, 0.6) is 0 Å². The number of likely N-dealkylation sites (tertiary alicyclic amines) is 1. The zero-order chi connectivity index (χ0) is 42.5. The summed E-state index contributed by atoms with van der Waals surface area (Å²) in [6.07, 6.45) is 8.17. The zero-order valence-electron chi connectivity index (χ0n) is 35.4. The van der Waals surface area contributed by atoms with Crippen LogP contribution >= 0.6 is 0 Å². The first-order valence-corrected chi connectivity index (χ1v) is 21.3. The van der Waals surface area contributed by atoms with Gasteiger partial charge < -0.3 is 35.0 Å². The molecule has 3 heterocycles. The smallest absolute Gasteiger partial charge is 0.407 e. The van der Waals surface area contributed by atoms with Crippen molar-refractivity contribution in [2.45, 2.75) is 96.7 Å². The van der Waals surface area contributed by atoms with Gasteiger partial charge in [-0.05, 0) is 77.1 Å². The molecule has 3 amide bonds. The number of aromatic nitrogens is 4. The Kier molecular flexibility index (Phi) is 13.0. The number of ketones is 1. The van der Waals surface area contributed by atoms with Crippen molar-refractivity contribution in [3.05, 3.63) is 84.7 Å². The van der Waals surface area contributed by atoms with Crippen molar-refractivity contribution in [3.63, 3.8) is 0 Å². The summed E-state index contributed by atoms with van der Waals surface area (Å²) in [5, 5.41) is 7.76. The molecule has 5 aromatic rings. The maximum atomic E-state index is 13.8. The van der Waals surface area contributed by atoms with Gasteiger partial charge in [-0.25, -0.2) is 19.6 Å².